The summed E-state index contributed by atoms with van der Waals surface area (Å²) in [5.41, 5.74) is 2.65. The van der Waals surface area contributed by atoms with Gasteiger partial charge in [0.05, 0.1) is 18.7 Å². The predicted octanol–water partition coefficient (Wildman–Crippen LogP) is 3.06. The van der Waals surface area contributed by atoms with Crippen LogP contribution in [0.2, 0.25) is 0 Å². The molecule has 2 aromatic rings. The molecule has 4 nitrogen and oxygen atoms in total. The zero-order chi connectivity index (χ0) is 14.9. The van der Waals surface area contributed by atoms with Crippen LogP contribution in [0.25, 0.3) is 0 Å². The van der Waals surface area contributed by atoms with Gasteiger partial charge in [0.25, 0.3) is 0 Å². The number of hydrogen-bond donors (Lipinski definition) is 1. The lowest BCUT2D eigenvalue weighted by molar-refractivity contribution is -0.120. The maximum absolute atomic E-state index is 11.9. The van der Waals surface area contributed by atoms with Crippen LogP contribution in [0.5, 0.6) is 0 Å². The van der Waals surface area contributed by atoms with Crippen molar-refractivity contribution in [3.63, 3.8) is 0 Å². The highest BCUT2D eigenvalue weighted by Gasteiger charge is 2.32. The van der Waals surface area contributed by atoms with Crippen molar-refractivity contribution in [2.45, 2.75) is 50.5 Å². The molecule has 0 spiro atoms. The third-order valence-corrected chi connectivity index (χ3v) is 5.26. The van der Waals surface area contributed by atoms with Gasteiger partial charge in [0, 0.05) is 29.0 Å². The SMILES string of the molecule is O=C(Cc1cccs1)NCCn1nc(C2CC2)cc1C1CC1. The normalized spacial score (nSPS) is 17.6. The van der Waals surface area contributed by atoms with Crippen LogP contribution in [0, 0.1) is 0 Å². The van der Waals surface area contributed by atoms with Crippen LogP contribution in [0.3, 0.4) is 0 Å². The van der Waals surface area contributed by atoms with Crippen LogP contribution in [-0.4, -0.2) is 22.2 Å². The fourth-order valence-corrected chi connectivity index (χ4v) is 3.56. The van der Waals surface area contributed by atoms with Crippen LogP contribution in [0.4, 0.5) is 0 Å². The Kier molecular flexibility index (Phi) is 3.74. The van der Waals surface area contributed by atoms with Gasteiger partial charge in [-0.15, -0.1) is 11.3 Å². The molecule has 2 aliphatic carbocycles. The fourth-order valence-electron chi connectivity index (χ4n) is 2.85. The second-order valence-corrected chi connectivity index (χ2v) is 7.40. The number of hydrogen-bond acceptors (Lipinski definition) is 3. The molecule has 0 saturated heterocycles. The first-order valence-electron chi connectivity index (χ1n) is 8.16. The Morgan fingerprint density at radius 2 is 2.14 bits per heavy atom. The molecule has 2 heterocycles. The zero-order valence-electron chi connectivity index (χ0n) is 12.6. The lowest BCUT2D eigenvalue weighted by Crippen LogP contribution is -2.29. The summed E-state index contributed by atoms with van der Waals surface area (Å²) in [5, 5.41) is 9.80. The van der Waals surface area contributed by atoms with Crippen molar-refractivity contribution in [3.8, 4) is 0 Å². The van der Waals surface area contributed by atoms with Crippen LogP contribution >= 0.6 is 11.3 Å². The highest BCUT2D eigenvalue weighted by Crippen LogP contribution is 2.44. The van der Waals surface area contributed by atoms with E-state index in [4.69, 9.17) is 5.10 Å². The molecule has 2 aromatic heterocycles. The lowest BCUT2D eigenvalue weighted by atomic mass is 10.2. The first-order chi connectivity index (χ1) is 10.8. The second-order valence-electron chi connectivity index (χ2n) is 6.37. The van der Waals surface area contributed by atoms with E-state index in [0.717, 1.165) is 11.4 Å². The van der Waals surface area contributed by atoms with Gasteiger partial charge in [0.15, 0.2) is 0 Å². The number of rotatable bonds is 7. The van der Waals surface area contributed by atoms with E-state index in [1.807, 2.05) is 17.5 Å². The summed E-state index contributed by atoms with van der Waals surface area (Å²) in [7, 11) is 0. The van der Waals surface area contributed by atoms with Crippen molar-refractivity contribution in [2.75, 3.05) is 6.54 Å². The molecule has 0 unspecified atom stereocenters. The van der Waals surface area contributed by atoms with Crippen LogP contribution in [0.15, 0.2) is 23.6 Å². The molecule has 116 valence electrons. The van der Waals surface area contributed by atoms with E-state index in [1.54, 1.807) is 11.3 Å². The smallest absolute Gasteiger partial charge is 0.225 e. The van der Waals surface area contributed by atoms with E-state index in [0.29, 0.717) is 24.8 Å². The van der Waals surface area contributed by atoms with Crippen molar-refractivity contribution in [3.05, 3.63) is 39.8 Å². The minimum Gasteiger partial charge on any atom is -0.354 e. The van der Waals surface area contributed by atoms with Crippen LogP contribution in [-0.2, 0) is 17.8 Å². The van der Waals surface area contributed by atoms with E-state index in [-0.39, 0.29) is 5.91 Å². The summed E-state index contributed by atoms with van der Waals surface area (Å²) in [6.45, 7) is 1.45. The highest BCUT2D eigenvalue weighted by atomic mass is 32.1. The molecular formula is C17H21N3OS. The molecule has 2 fully saturated rings. The minimum absolute atomic E-state index is 0.102. The second kappa shape index (κ2) is 5.88. The number of thiophene rings is 1. The van der Waals surface area contributed by atoms with Gasteiger partial charge in [0.1, 0.15) is 0 Å². The van der Waals surface area contributed by atoms with E-state index in [2.05, 4.69) is 16.1 Å². The predicted molar refractivity (Wildman–Crippen MR) is 87.2 cm³/mol. The first-order valence-corrected chi connectivity index (χ1v) is 9.04. The van der Waals surface area contributed by atoms with Gasteiger partial charge in [-0.05, 0) is 43.2 Å². The van der Waals surface area contributed by atoms with Gasteiger partial charge < -0.3 is 5.32 Å². The molecule has 0 atom stereocenters. The molecule has 2 aliphatic rings. The fraction of sp³-hybridized carbons (Fsp3) is 0.529. The zero-order valence-corrected chi connectivity index (χ0v) is 13.4. The Labute approximate surface area is 134 Å². The van der Waals surface area contributed by atoms with Gasteiger partial charge in [-0.2, -0.15) is 5.10 Å². The first kappa shape index (κ1) is 14.0. The number of nitrogens with zero attached hydrogens (tertiary/aromatic N) is 2. The Bertz CT molecular complexity index is 654. The standard InChI is InChI=1S/C17H21N3OS/c21-17(10-14-2-1-9-22-14)18-7-8-20-16(13-5-6-13)11-15(19-20)12-3-4-12/h1-2,9,11-13H,3-8,10H2,(H,18,21). The molecule has 0 bridgehead atoms. The Balaban J connectivity index is 1.32. The van der Waals surface area contributed by atoms with E-state index in [1.165, 1.54) is 37.1 Å². The topological polar surface area (TPSA) is 46.9 Å². The molecule has 0 aromatic carbocycles. The number of aromatic nitrogens is 2. The quantitative estimate of drug-likeness (QED) is 0.853. The maximum Gasteiger partial charge on any atom is 0.225 e. The summed E-state index contributed by atoms with van der Waals surface area (Å²) >= 11 is 1.63. The van der Waals surface area contributed by atoms with E-state index in [9.17, 15) is 4.79 Å². The van der Waals surface area contributed by atoms with Gasteiger partial charge in [-0.1, -0.05) is 6.07 Å². The van der Waals surface area contributed by atoms with E-state index < -0.39 is 0 Å². The van der Waals surface area contributed by atoms with Crippen LogP contribution in [0.1, 0.15) is 53.8 Å². The van der Waals surface area contributed by atoms with Gasteiger partial charge in [-0.25, -0.2) is 0 Å². The average Bonchev–Trinajstić information content (AvgIpc) is 3.44. The number of carbonyl (C=O) groups excluding carboxylic acids is 1. The van der Waals surface area contributed by atoms with Crippen molar-refractivity contribution in [1.29, 1.82) is 0 Å². The number of carbonyl (C=O) groups is 1. The van der Waals surface area contributed by atoms with Gasteiger partial charge >= 0.3 is 0 Å². The molecular weight excluding hydrogens is 294 g/mol. The summed E-state index contributed by atoms with van der Waals surface area (Å²) in [4.78, 5) is 13.0. The molecule has 0 radical (unpaired) electrons. The van der Waals surface area contributed by atoms with E-state index >= 15 is 0 Å². The number of nitrogens with one attached hydrogen (secondary N) is 1. The Hall–Kier alpha value is -1.62. The molecule has 1 amide bonds. The maximum atomic E-state index is 11.9. The highest BCUT2D eigenvalue weighted by molar-refractivity contribution is 7.10. The van der Waals surface area contributed by atoms with Gasteiger partial charge in [0.2, 0.25) is 5.91 Å². The van der Waals surface area contributed by atoms with Crippen molar-refractivity contribution < 1.29 is 4.79 Å². The minimum atomic E-state index is 0.102. The van der Waals surface area contributed by atoms with Crippen molar-refractivity contribution >= 4 is 17.2 Å². The lowest BCUT2D eigenvalue weighted by Gasteiger charge is -2.08. The molecule has 2 saturated carbocycles. The summed E-state index contributed by atoms with van der Waals surface area (Å²) < 4.78 is 2.14. The molecule has 1 N–H and O–H groups in total. The molecule has 0 aliphatic heterocycles. The van der Waals surface area contributed by atoms with Crippen molar-refractivity contribution in [1.82, 2.24) is 15.1 Å². The molecule has 4 rings (SSSR count). The van der Waals surface area contributed by atoms with Crippen LogP contribution < -0.4 is 5.32 Å². The largest absolute Gasteiger partial charge is 0.354 e. The monoisotopic (exact) mass is 315 g/mol. The summed E-state index contributed by atoms with van der Waals surface area (Å²) in [5.74, 6) is 1.51. The van der Waals surface area contributed by atoms with Crippen molar-refractivity contribution in [2.24, 2.45) is 0 Å². The number of amides is 1. The third-order valence-electron chi connectivity index (χ3n) is 4.38. The average molecular weight is 315 g/mol. The third kappa shape index (κ3) is 3.24. The summed E-state index contributed by atoms with van der Waals surface area (Å²) in [6.07, 6.45) is 5.65. The Morgan fingerprint density at radius 1 is 1.32 bits per heavy atom. The molecule has 5 heteroatoms. The van der Waals surface area contributed by atoms with Gasteiger partial charge in [-0.3, -0.25) is 9.48 Å². The molecule has 22 heavy (non-hydrogen) atoms. The Morgan fingerprint density at radius 3 is 2.82 bits per heavy atom. The summed E-state index contributed by atoms with van der Waals surface area (Å²) in [6, 6.07) is 6.30.